The molecule has 1 aromatic carbocycles. The van der Waals surface area contributed by atoms with E-state index in [1.54, 1.807) is 0 Å². The zero-order valence-electron chi connectivity index (χ0n) is 16.4. The second-order valence-electron chi connectivity index (χ2n) is 7.41. The highest BCUT2D eigenvalue weighted by atomic mass is 16.5. The average molecular weight is 371 g/mol. The van der Waals surface area contributed by atoms with Gasteiger partial charge in [0.25, 0.3) is 0 Å². The number of carbonyl (C=O) groups excluding carboxylic acids is 1. The molecule has 0 saturated carbocycles. The first-order valence-corrected chi connectivity index (χ1v) is 9.39. The molecule has 1 N–H and O–H groups in total. The predicted octanol–water partition coefficient (Wildman–Crippen LogP) is 2.07. The summed E-state index contributed by atoms with van der Waals surface area (Å²) in [4.78, 5) is 18.7. The van der Waals surface area contributed by atoms with Crippen LogP contribution >= 0.6 is 0 Å². The van der Waals surface area contributed by atoms with Crippen molar-refractivity contribution >= 4 is 6.03 Å². The Labute approximate surface area is 160 Å². The van der Waals surface area contributed by atoms with E-state index in [1.165, 1.54) is 5.56 Å². The number of hydrogen-bond acceptors (Lipinski definition) is 5. The molecule has 0 spiro atoms. The number of amides is 2. The van der Waals surface area contributed by atoms with Gasteiger partial charge < -0.3 is 19.6 Å². The van der Waals surface area contributed by atoms with Crippen molar-refractivity contribution in [3.63, 3.8) is 0 Å². The van der Waals surface area contributed by atoms with Crippen LogP contribution < -0.4 is 5.32 Å². The van der Waals surface area contributed by atoms with E-state index in [2.05, 4.69) is 58.6 Å². The Morgan fingerprint density at radius 3 is 2.41 bits per heavy atom. The highest BCUT2D eigenvalue weighted by molar-refractivity contribution is 5.74. The summed E-state index contributed by atoms with van der Waals surface area (Å²) in [5.41, 5.74) is 3.29. The monoisotopic (exact) mass is 371 g/mol. The van der Waals surface area contributed by atoms with Crippen LogP contribution in [-0.2, 0) is 19.6 Å². The molecule has 0 radical (unpaired) electrons. The molecule has 0 aliphatic carbocycles. The molecule has 2 heterocycles. The zero-order valence-corrected chi connectivity index (χ0v) is 16.4. The van der Waals surface area contributed by atoms with Crippen LogP contribution in [0.5, 0.6) is 0 Å². The van der Waals surface area contributed by atoms with Crippen LogP contribution in [0.4, 0.5) is 4.79 Å². The molecular weight excluding hydrogens is 342 g/mol. The predicted molar refractivity (Wildman–Crippen MR) is 104 cm³/mol. The van der Waals surface area contributed by atoms with E-state index in [0.29, 0.717) is 6.54 Å². The number of aryl methyl sites for hydroxylation is 1. The highest BCUT2D eigenvalue weighted by Crippen LogP contribution is 2.10. The van der Waals surface area contributed by atoms with E-state index in [1.807, 2.05) is 17.9 Å². The van der Waals surface area contributed by atoms with Gasteiger partial charge in [0.1, 0.15) is 0 Å². The van der Waals surface area contributed by atoms with Crippen molar-refractivity contribution in [3.8, 4) is 0 Å². The first kappa shape index (κ1) is 19.4. The molecule has 0 atom stereocenters. The zero-order chi connectivity index (χ0) is 19.2. The Bertz CT molecular complexity index is 733. The smallest absolute Gasteiger partial charge is 0.317 e. The Morgan fingerprint density at radius 1 is 1.15 bits per heavy atom. The second-order valence-corrected chi connectivity index (χ2v) is 7.41. The second kappa shape index (κ2) is 9.01. The topological polar surface area (TPSA) is 64.8 Å². The lowest BCUT2D eigenvalue weighted by Gasteiger charge is -2.34. The maximum absolute atomic E-state index is 12.4. The number of carbonyl (C=O) groups is 1. The quantitative estimate of drug-likeness (QED) is 0.842. The lowest BCUT2D eigenvalue weighted by Crippen LogP contribution is -2.51. The van der Waals surface area contributed by atoms with Crippen molar-refractivity contribution in [1.82, 2.24) is 25.2 Å². The molecule has 0 unspecified atom stereocenters. The van der Waals surface area contributed by atoms with Crippen molar-refractivity contribution < 1.29 is 9.32 Å². The van der Waals surface area contributed by atoms with Crippen LogP contribution in [-0.4, -0.2) is 66.2 Å². The van der Waals surface area contributed by atoms with Gasteiger partial charge >= 0.3 is 6.03 Å². The van der Waals surface area contributed by atoms with E-state index in [9.17, 15) is 4.79 Å². The lowest BCUT2D eigenvalue weighted by atomic mass is 10.1. The SMILES string of the molecule is Cc1cc(CN2CCN(C(=O)NCc3ccc(CN(C)C)cc3)CC2)on1. The Balaban J connectivity index is 1.40. The number of piperazine rings is 1. The number of urea groups is 1. The molecule has 1 aliphatic rings. The van der Waals surface area contributed by atoms with Crippen LogP contribution in [0.25, 0.3) is 0 Å². The van der Waals surface area contributed by atoms with Crippen molar-refractivity contribution in [3.05, 3.63) is 52.9 Å². The standard InChI is InChI=1S/C20H29N5O2/c1-16-12-19(27-22-16)15-24-8-10-25(11-9-24)20(26)21-13-17-4-6-18(7-5-17)14-23(2)3/h4-7,12H,8-11,13-15H2,1-3H3,(H,21,26). The van der Waals surface area contributed by atoms with Crippen LogP contribution in [0.1, 0.15) is 22.6 Å². The Morgan fingerprint density at radius 2 is 1.81 bits per heavy atom. The van der Waals surface area contributed by atoms with E-state index in [0.717, 1.165) is 56.3 Å². The Kier molecular flexibility index (Phi) is 6.47. The van der Waals surface area contributed by atoms with Crippen molar-refractivity contribution in [2.24, 2.45) is 0 Å². The van der Waals surface area contributed by atoms with Crippen molar-refractivity contribution in [2.75, 3.05) is 40.3 Å². The third-order valence-electron chi connectivity index (χ3n) is 4.68. The summed E-state index contributed by atoms with van der Waals surface area (Å²) in [6.07, 6.45) is 0. The van der Waals surface area contributed by atoms with E-state index >= 15 is 0 Å². The van der Waals surface area contributed by atoms with Gasteiger partial charge in [0.15, 0.2) is 5.76 Å². The van der Waals surface area contributed by atoms with Crippen molar-refractivity contribution in [2.45, 2.75) is 26.6 Å². The molecule has 1 aromatic heterocycles. The van der Waals surface area contributed by atoms with E-state index < -0.39 is 0 Å². The summed E-state index contributed by atoms with van der Waals surface area (Å²) in [5, 5.41) is 6.95. The molecule has 27 heavy (non-hydrogen) atoms. The molecule has 1 saturated heterocycles. The minimum Gasteiger partial charge on any atom is -0.360 e. The summed E-state index contributed by atoms with van der Waals surface area (Å²) in [5.74, 6) is 0.878. The summed E-state index contributed by atoms with van der Waals surface area (Å²) in [6.45, 7) is 7.27. The average Bonchev–Trinajstić information content (AvgIpc) is 3.06. The summed E-state index contributed by atoms with van der Waals surface area (Å²) < 4.78 is 5.27. The van der Waals surface area contributed by atoms with Gasteiger partial charge in [0, 0.05) is 45.3 Å². The molecular formula is C20H29N5O2. The van der Waals surface area contributed by atoms with E-state index in [-0.39, 0.29) is 6.03 Å². The number of benzene rings is 1. The van der Waals surface area contributed by atoms with Gasteiger partial charge in [-0.15, -0.1) is 0 Å². The van der Waals surface area contributed by atoms with Crippen LogP contribution in [0, 0.1) is 6.92 Å². The first-order valence-electron chi connectivity index (χ1n) is 9.39. The third kappa shape index (κ3) is 5.80. The molecule has 146 valence electrons. The fourth-order valence-corrected chi connectivity index (χ4v) is 3.24. The Hall–Kier alpha value is -2.38. The number of nitrogens with zero attached hydrogens (tertiary/aromatic N) is 4. The maximum Gasteiger partial charge on any atom is 0.317 e. The summed E-state index contributed by atoms with van der Waals surface area (Å²) in [7, 11) is 4.11. The highest BCUT2D eigenvalue weighted by Gasteiger charge is 2.21. The van der Waals surface area contributed by atoms with Crippen LogP contribution in [0.15, 0.2) is 34.9 Å². The first-order chi connectivity index (χ1) is 13.0. The molecule has 7 nitrogen and oxygen atoms in total. The van der Waals surface area contributed by atoms with E-state index in [4.69, 9.17) is 4.52 Å². The normalized spacial score (nSPS) is 15.3. The molecule has 1 fully saturated rings. The van der Waals surface area contributed by atoms with Gasteiger partial charge in [-0.2, -0.15) is 0 Å². The van der Waals surface area contributed by atoms with Gasteiger partial charge in [-0.05, 0) is 32.1 Å². The van der Waals surface area contributed by atoms with Gasteiger partial charge in [-0.25, -0.2) is 4.79 Å². The van der Waals surface area contributed by atoms with Gasteiger partial charge in [0.2, 0.25) is 0 Å². The van der Waals surface area contributed by atoms with Gasteiger partial charge in [-0.1, -0.05) is 29.4 Å². The van der Waals surface area contributed by atoms with Crippen LogP contribution in [0.3, 0.4) is 0 Å². The number of nitrogens with one attached hydrogen (secondary N) is 1. The van der Waals surface area contributed by atoms with Crippen LogP contribution in [0.2, 0.25) is 0 Å². The van der Waals surface area contributed by atoms with Gasteiger partial charge in [-0.3, -0.25) is 4.90 Å². The molecule has 2 amide bonds. The summed E-state index contributed by atoms with van der Waals surface area (Å²) in [6, 6.07) is 10.4. The number of aromatic nitrogens is 1. The largest absolute Gasteiger partial charge is 0.360 e. The maximum atomic E-state index is 12.4. The minimum absolute atomic E-state index is 0.00234. The molecule has 0 bridgehead atoms. The molecule has 3 rings (SSSR count). The molecule has 2 aromatic rings. The fourth-order valence-electron chi connectivity index (χ4n) is 3.24. The van der Waals surface area contributed by atoms with Crippen molar-refractivity contribution in [1.29, 1.82) is 0 Å². The number of rotatable bonds is 6. The molecule has 1 aliphatic heterocycles. The van der Waals surface area contributed by atoms with Gasteiger partial charge in [0.05, 0.1) is 12.2 Å². The summed E-state index contributed by atoms with van der Waals surface area (Å²) >= 11 is 0. The lowest BCUT2D eigenvalue weighted by molar-refractivity contribution is 0.128. The third-order valence-corrected chi connectivity index (χ3v) is 4.68. The minimum atomic E-state index is 0.00234. The number of hydrogen-bond donors (Lipinski definition) is 1. The fraction of sp³-hybridized carbons (Fsp3) is 0.500. The molecule has 7 heteroatoms.